The number of alkyl halides is 2. The zero-order valence-corrected chi connectivity index (χ0v) is 11.7. The Labute approximate surface area is 121 Å². The Balaban J connectivity index is 2.14. The number of rotatable bonds is 4. The summed E-state index contributed by atoms with van der Waals surface area (Å²) in [6, 6.07) is 4.31. The first-order chi connectivity index (χ1) is 10.0. The normalized spacial score (nSPS) is 16.1. The van der Waals surface area contributed by atoms with Crippen LogP contribution in [0.15, 0.2) is 18.2 Å². The first kappa shape index (κ1) is 15.5. The van der Waals surface area contributed by atoms with Crippen molar-refractivity contribution < 1.29 is 23.0 Å². The molecule has 7 heteroatoms. The Morgan fingerprint density at radius 1 is 1.33 bits per heavy atom. The third-order valence-corrected chi connectivity index (χ3v) is 3.45. The summed E-state index contributed by atoms with van der Waals surface area (Å²) in [6.45, 7) is -1.75. The van der Waals surface area contributed by atoms with Crippen molar-refractivity contribution in [1.82, 2.24) is 4.90 Å². The van der Waals surface area contributed by atoms with Gasteiger partial charge >= 0.3 is 6.61 Å². The Hall–Kier alpha value is -1.89. The van der Waals surface area contributed by atoms with Gasteiger partial charge in [0.2, 0.25) is 0 Å². The average molecular weight is 300 g/mol. The van der Waals surface area contributed by atoms with Crippen LogP contribution in [0.4, 0.5) is 8.78 Å². The molecule has 1 aromatic rings. The quantitative estimate of drug-likeness (QED) is 0.922. The maximum atomic E-state index is 12.3. The minimum atomic E-state index is -2.94. The molecular weight excluding hydrogens is 282 g/mol. The number of nitrogens with two attached hydrogens (primary N) is 1. The molecule has 1 aliphatic rings. The van der Waals surface area contributed by atoms with Crippen LogP contribution in [0, 0.1) is 0 Å². The van der Waals surface area contributed by atoms with Crippen LogP contribution in [-0.4, -0.2) is 43.7 Å². The Morgan fingerprint density at radius 2 is 2.00 bits per heavy atom. The van der Waals surface area contributed by atoms with E-state index in [1.807, 2.05) is 0 Å². The predicted octanol–water partition coefficient (Wildman–Crippen LogP) is 1.86. The first-order valence-electron chi connectivity index (χ1n) is 6.69. The van der Waals surface area contributed by atoms with Crippen molar-refractivity contribution in [2.75, 3.05) is 20.2 Å². The number of hydrogen-bond acceptors (Lipinski definition) is 4. The lowest BCUT2D eigenvalue weighted by Crippen LogP contribution is -2.42. The molecule has 0 aliphatic carbocycles. The van der Waals surface area contributed by atoms with Gasteiger partial charge in [-0.1, -0.05) is 0 Å². The Bertz CT molecular complexity index is 503. The fourth-order valence-electron chi connectivity index (χ4n) is 2.28. The molecular formula is C14H18F2N2O3. The van der Waals surface area contributed by atoms with E-state index < -0.39 is 6.61 Å². The van der Waals surface area contributed by atoms with Crippen LogP contribution in [0.2, 0.25) is 0 Å². The summed E-state index contributed by atoms with van der Waals surface area (Å²) in [6.07, 6.45) is 1.52. The van der Waals surface area contributed by atoms with Gasteiger partial charge in [-0.15, -0.1) is 0 Å². The maximum absolute atomic E-state index is 12.3. The molecule has 1 aliphatic heterocycles. The van der Waals surface area contributed by atoms with Crippen molar-refractivity contribution >= 4 is 5.91 Å². The second-order valence-electron chi connectivity index (χ2n) is 4.87. The molecule has 0 radical (unpaired) electrons. The summed E-state index contributed by atoms with van der Waals surface area (Å²) in [5.41, 5.74) is 6.18. The lowest BCUT2D eigenvalue weighted by atomic mass is 10.0. The second kappa shape index (κ2) is 6.71. The molecule has 0 spiro atoms. The van der Waals surface area contributed by atoms with Crippen LogP contribution in [-0.2, 0) is 0 Å². The second-order valence-corrected chi connectivity index (χ2v) is 4.87. The van der Waals surface area contributed by atoms with E-state index in [0.717, 1.165) is 12.8 Å². The van der Waals surface area contributed by atoms with Crippen LogP contribution < -0.4 is 15.2 Å². The molecule has 21 heavy (non-hydrogen) atoms. The number of carbonyl (C=O) groups is 1. The summed E-state index contributed by atoms with van der Waals surface area (Å²) >= 11 is 0. The summed E-state index contributed by atoms with van der Waals surface area (Å²) in [5, 5.41) is 0. The van der Waals surface area contributed by atoms with E-state index in [1.165, 1.54) is 25.3 Å². The number of carbonyl (C=O) groups excluding carboxylic acids is 1. The third-order valence-electron chi connectivity index (χ3n) is 3.45. The average Bonchev–Trinajstić information content (AvgIpc) is 2.47. The van der Waals surface area contributed by atoms with Gasteiger partial charge in [0.1, 0.15) is 0 Å². The van der Waals surface area contributed by atoms with Crippen molar-refractivity contribution in [1.29, 1.82) is 0 Å². The predicted molar refractivity (Wildman–Crippen MR) is 72.7 cm³/mol. The number of halogens is 2. The van der Waals surface area contributed by atoms with Crippen LogP contribution in [0.1, 0.15) is 23.2 Å². The molecule has 0 saturated carbocycles. The number of ether oxygens (including phenoxy) is 2. The number of nitrogens with zero attached hydrogens (tertiary/aromatic N) is 1. The van der Waals surface area contributed by atoms with Gasteiger partial charge < -0.3 is 20.1 Å². The molecule has 1 heterocycles. The minimum absolute atomic E-state index is 0.0929. The standard InChI is InChI=1S/C14H18F2N2O3/c1-20-12-8-9(2-3-11(12)21-14(15)16)13(19)18-6-4-10(17)5-7-18/h2-3,8,10,14H,4-7,17H2,1H3. The fourth-order valence-corrected chi connectivity index (χ4v) is 2.28. The number of piperidine rings is 1. The van der Waals surface area contributed by atoms with Crippen LogP contribution in [0.3, 0.4) is 0 Å². The molecule has 0 unspecified atom stereocenters. The fraction of sp³-hybridized carbons (Fsp3) is 0.500. The molecule has 0 aromatic heterocycles. The smallest absolute Gasteiger partial charge is 0.387 e. The highest BCUT2D eigenvalue weighted by atomic mass is 19.3. The third kappa shape index (κ3) is 3.81. The summed E-state index contributed by atoms with van der Waals surface area (Å²) < 4.78 is 33.8. The van der Waals surface area contributed by atoms with Crippen LogP contribution in [0.25, 0.3) is 0 Å². The van der Waals surface area contributed by atoms with E-state index in [2.05, 4.69) is 4.74 Å². The number of amides is 1. The van der Waals surface area contributed by atoms with Gasteiger partial charge in [0.25, 0.3) is 5.91 Å². The van der Waals surface area contributed by atoms with Gasteiger partial charge in [0.05, 0.1) is 7.11 Å². The van der Waals surface area contributed by atoms with Crippen molar-refractivity contribution in [3.05, 3.63) is 23.8 Å². The zero-order valence-electron chi connectivity index (χ0n) is 11.7. The number of methoxy groups -OCH3 is 1. The molecule has 0 bridgehead atoms. The van der Waals surface area contributed by atoms with E-state index in [0.29, 0.717) is 18.7 Å². The van der Waals surface area contributed by atoms with Crippen molar-refractivity contribution in [3.8, 4) is 11.5 Å². The maximum Gasteiger partial charge on any atom is 0.387 e. The lowest BCUT2D eigenvalue weighted by Gasteiger charge is -2.30. The Morgan fingerprint density at radius 3 is 2.57 bits per heavy atom. The Kier molecular flexibility index (Phi) is 4.95. The van der Waals surface area contributed by atoms with E-state index in [9.17, 15) is 13.6 Å². The zero-order chi connectivity index (χ0) is 15.4. The van der Waals surface area contributed by atoms with Gasteiger partial charge in [-0.2, -0.15) is 8.78 Å². The van der Waals surface area contributed by atoms with Gasteiger partial charge in [-0.25, -0.2) is 0 Å². The van der Waals surface area contributed by atoms with E-state index in [-0.39, 0.29) is 23.4 Å². The summed E-state index contributed by atoms with van der Waals surface area (Å²) in [5.74, 6) is -0.150. The molecule has 1 saturated heterocycles. The summed E-state index contributed by atoms with van der Waals surface area (Å²) in [4.78, 5) is 14.0. The molecule has 116 valence electrons. The molecule has 2 N–H and O–H groups in total. The molecule has 1 aromatic carbocycles. The molecule has 0 atom stereocenters. The highest BCUT2D eigenvalue weighted by molar-refractivity contribution is 5.95. The molecule has 5 nitrogen and oxygen atoms in total. The highest BCUT2D eigenvalue weighted by Gasteiger charge is 2.23. The van der Waals surface area contributed by atoms with Gasteiger partial charge in [0, 0.05) is 24.7 Å². The molecule has 1 amide bonds. The topological polar surface area (TPSA) is 64.8 Å². The number of likely N-dealkylation sites (tertiary alicyclic amines) is 1. The molecule has 2 rings (SSSR count). The van der Waals surface area contributed by atoms with E-state index in [1.54, 1.807) is 4.90 Å². The first-order valence-corrected chi connectivity index (χ1v) is 6.69. The number of benzene rings is 1. The van der Waals surface area contributed by atoms with Gasteiger partial charge in [-0.05, 0) is 31.0 Å². The summed E-state index contributed by atoms with van der Waals surface area (Å²) in [7, 11) is 1.34. The van der Waals surface area contributed by atoms with E-state index in [4.69, 9.17) is 10.5 Å². The van der Waals surface area contributed by atoms with Crippen LogP contribution in [0.5, 0.6) is 11.5 Å². The molecule has 1 fully saturated rings. The SMILES string of the molecule is COc1cc(C(=O)N2CCC(N)CC2)ccc1OC(F)F. The van der Waals surface area contributed by atoms with Crippen molar-refractivity contribution in [2.45, 2.75) is 25.5 Å². The van der Waals surface area contributed by atoms with E-state index >= 15 is 0 Å². The van der Waals surface area contributed by atoms with Crippen molar-refractivity contribution in [3.63, 3.8) is 0 Å². The van der Waals surface area contributed by atoms with Gasteiger partial charge in [0.15, 0.2) is 11.5 Å². The van der Waals surface area contributed by atoms with Crippen molar-refractivity contribution in [2.24, 2.45) is 5.73 Å². The highest BCUT2D eigenvalue weighted by Crippen LogP contribution is 2.30. The number of hydrogen-bond donors (Lipinski definition) is 1. The van der Waals surface area contributed by atoms with Crippen LogP contribution >= 0.6 is 0 Å². The largest absolute Gasteiger partial charge is 0.493 e. The minimum Gasteiger partial charge on any atom is -0.493 e. The van der Waals surface area contributed by atoms with Gasteiger partial charge in [-0.3, -0.25) is 4.79 Å². The monoisotopic (exact) mass is 300 g/mol. The lowest BCUT2D eigenvalue weighted by molar-refractivity contribution is -0.0512.